The fourth-order valence-corrected chi connectivity index (χ4v) is 1.88. The van der Waals surface area contributed by atoms with Gasteiger partial charge in [0.1, 0.15) is 0 Å². The fourth-order valence-electron chi connectivity index (χ4n) is 1.88. The molecule has 0 saturated carbocycles. The predicted octanol–water partition coefficient (Wildman–Crippen LogP) is -5.27. The van der Waals surface area contributed by atoms with Crippen LogP contribution in [0.3, 0.4) is 0 Å². The molecule has 3 aromatic carbocycles. The first-order valence-electron chi connectivity index (χ1n) is 5.75. The van der Waals surface area contributed by atoms with Gasteiger partial charge in [0.05, 0.1) is 0 Å². The van der Waals surface area contributed by atoms with Crippen LogP contribution in [-0.2, 0) is 9.59 Å². The summed E-state index contributed by atoms with van der Waals surface area (Å²) < 4.78 is 0. The average Bonchev–Trinajstić information content (AvgIpc) is 2.47. The Kier molecular flexibility index (Phi) is 18.2. The average molecular weight is 534 g/mol. The number of benzene rings is 3. The first kappa shape index (κ1) is 25.5. The molecule has 102 valence electrons. The van der Waals surface area contributed by atoms with E-state index in [1.54, 1.807) is 0 Å². The molecule has 0 fully saturated rings. The van der Waals surface area contributed by atoms with Crippen molar-refractivity contribution in [2.75, 3.05) is 0 Å². The summed E-state index contributed by atoms with van der Waals surface area (Å²) >= 11 is 0. The Bertz CT molecular complexity index is 591. The molecule has 0 bridgehead atoms. The summed E-state index contributed by atoms with van der Waals surface area (Å²) in [6.45, 7) is -1.00. The summed E-state index contributed by atoms with van der Waals surface area (Å²) in [5.41, 5.74) is 0. The van der Waals surface area contributed by atoms with Gasteiger partial charge in [-0.3, -0.25) is 0 Å². The van der Waals surface area contributed by atoms with Gasteiger partial charge < -0.3 is 19.8 Å². The van der Waals surface area contributed by atoms with Gasteiger partial charge in [0.25, 0.3) is 0 Å². The number of fused-ring (bicyclic) bond motifs is 2. The molecule has 0 N–H and O–H groups in total. The van der Waals surface area contributed by atoms with Crippen molar-refractivity contribution >= 4 is 34.5 Å². The van der Waals surface area contributed by atoms with Crippen LogP contribution in [0.25, 0.3) is 21.5 Å². The van der Waals surface area contributed by atoms with E-state index in [2.05, 4.69) is 60.7 Å². The van der Waals surface area contributed by atoms with Gasteiger partial charge in [-0.2, -0.15) is 0 Å². The van der Waals surface area contributed by atoms with Crippen molar-refractivity contribution in [1.82, 2.24) is 0 Å². The third-order valence-electron chi connectivity index (χ3n) is 2.61. The van der Waals surface area contributed by atoms with Crippen LogP contribution in [0.4, 0.5) is 0 Å². The minimum absolute atomic E-state index is 0. The summed E-state index contributed by atoms with van der Waals surface area (Å²) in [7, 11) is 0. The quantitative estimate of drug-likeness (QED) is 0.214. The van der Waals surface area contributed by atoms with Gasteiger partial charge >= 0.3 is 138 Å². The second-order valence-corrected chi connectivity index (χ2v) is 3.74. The van der Waals surface area contributed by atoms with Crippen molar-refractivity contribution < 1.29 is 158 Å². The third kappa shape index (κ3) is 8.90. The monoisotopic (exact) mass is 534 g/mol. The Labute approximate surface area is 246 Å². The van der Waals surface area contributed by atoms with E-state index in [1.165, 1.54) is 21.5 Å². The standard InChI is InChI=1S/C14H10.2CH2O2.2Cs/c1-2-6-12-10-14-8-4-3-7-13(14)9-11(12)5-1;2*2-1-3;;/h1-10H;2*1H,(H,2,3);;/q;;;2*+1/p-2. The Balaban J connectivity index is 0. The number of carboxylic acid groups (broad SMARTS) is 2. The topological polar surface area (TPSA) is 80.3 Å². The van der Waals surface area contributed by atoms with Crippen molar-refractivity contribution in [3.63, 3.8) is 0 Å². The molecule has 0 aromatic heterocycles. The zero-order valence-electron chi connectivity index (χ0n) is 12.6. The van der Waals surface area contributed by atoms with Crippen LogP contribution in [0.15, 0.2) is 60.7 Å². The molecule has 0 spiro atoms. The van der Waals surface area contributed by atoms with Crippen molar-refractivity contribution in [3.8, 4) is 0 Å². The predicted molar refractivity (Wildman–Crippen MR) is 73.6 cm³/mol. The molecule has 0 aliphatic carbocycles. The van der Waals surface area contributed by atoms with Crippen LogP contribution in [0.2, 0.25) is 0 Å². The number of hydrogen-bond acceptors (Lipinski definition) is 4. The number of hydrogen-bond donors (Lipinski definition) is 0. The molecule has 6 heteroatoms. The van der Waals surface area contributed by atoms with Crippen molar-refractivity contribution in [2.45, 2.75) is 0 Å². The van der Waals surface area contributed by atoms with E-state index in [0.717, 1.165) is 0 Å². The summed E-state index contributed by atoms with van der Waals surface area (Å²) in [6.07, 6.45) is 0. The SMILES string of the molecule is O=C[O-].O=C[O-].[Cs+].[Cs+].c1ccc2cc3ccccc3cc2c1. The van der Waals surface area contributed by atoms with Gasteiger partial charge in [-0.1, -0.05) is 48.5 Å². The number of carbonyl (C=O) groups is 2. The normalized spacial score (nSPS) is 8.00. The summed E-state index contributed by atoms with van der Waals surface area (Å²) in [5.74, 6) is 0. The van der Waals surface area contributed by atoms with Crippen LogP contribution >= 0.6 is 0 Å². The summed E-state index contributed by atoms with van der Waals surface area (Å²) in [5, 5.41) is 21.7. The maximum absolute atomic E-state index is 8.25. The molecule has 4 nitrogen and oxygen atoms in total. The Hall–Kier alpha value is 1.22. The minimum Gasteiger partial charge on any atom is -0.554 e. The van der Waals surface area contributed by atoms with Crippen molar-refractivity contribution in [2.24, 2.45) is 0 Å². The van der Waals surface area contributed by atoms with Crippen LogP contribution in [-0.4, -0.2) is 12.9 Å². The van der Waals surface area contributed by atoms with E-state index < -0.39 is 12.9 Å². The van der Waals surface area contributed by atoms with Gasteiger partial charge in [-0.05, 0) is 33.7 Å². The zero-order valence-corrected chi connectivity index (χ0v) is 25.1. The van der Waals surface area contributed by atoms with Gasteiger partial charge in [-0.25, -0.2) is 0 Å². The molecular weight excluding hydrogens is 522 g/mol. The second kappa shape index (κ2) is 15.7. The molecule has 0 radical (unpaired) electrons. The summed E-state index contributed by atoms with van der Waals surface area (Å²) in [4.78, 5) is 16.5. The molecule has 0 amide bonds. The van der Waals surface area contributed by atoms with Crippen LogP contribution in [0, 0.1) is 0 Å². The second-order valence-electron chi connectivity index (χ2n) is 3.74. The molecule has 0 heterocycles. The molecule has 3 aromatic rings. The maximum atomic E-state index is 8.25. The first-order chi connectivity index (χ1) is 9.76. The molecule has 0 saturated heterocycles. The molecule has 0 aliphatic heterocycles. The number of rotatable bonds is 0. The Morgan fingerprint density at radius 1 is 0.591 bits per heavy atom. The van der Waals surface area contributed by atoms with Crippen LogP contribution in [0.5, 0.6) is 0 Å². The fraction of sp³-hybridized carbons (Fsp3) is 0. The molecule has 0 unspecified atom stereocenters. The van der Waals surface area contributed by atoms with Crippen LogP contribution < -0.4 is 148 Å². The smallest absolute Gasteiger partial charge is 0.554 e. The minimum atomic E-state index is -0.500. The first-order valence-corrected chi connectivity index (χ1v) is 5.75. The summed E-state index contributed by atoms with van der Waals surface area (Å²) in [6, 6.07) is 21.4. The van der Waals surface area contributed by atoms with E-state index in [1.807, 2.05) is 0 Å². The Morgan fingerprint density at radius 3 is 0.955 bits per heavy atom. The zero-order chi connectivity index (χ0) is 14.8. The molecule has 0 atom stereocenters. The largest absolute Gasteiger partial charge is 1.00 e. The molecular formula is C16H12Cs2O4. The van der Waals surface area contributed by atoms with Gasteiger partial charge in [0.15, 0.2) is 0 Å². The van der Waals surface area contributed by atoms with Gasteiger partial charge in [0, 0.05) is 12.9 Å². The van der Waals surface area contributed by atoms with E-state index in [9.17, 15) is 0 Å². The van der Waals surface area contributed by atoms with Gasteiger partial charge in [0.2, 0.25) is 0 Å². The molecule has 22 heavy (non-hydrogen) atoms. The van der Waals surface area contributed by atoms with E-state index in [-0.39, 0.29) is 138 Å². The molecule has 3 rings (SSSR count). The van der Waals surface area contributed by atoms with E-state index in [4.69, 9.17) is 19.8 Å². The maximum Gasteiger partial charge on any atom is 1.00 e. The van der Waals surface area contributed by atoms with Crippen LogP contribution in [0.1, 0.15) is 0 Å². The number of carbonyl (C=O) groups excluding carboxylic acids is 2. The molecule has 0 aliphatic rings. The van der Waals surface area contributed by atoms with Gasteiger partial charge in [-0.15, -0.1) is 0 Å². The van der Waals surface area contributed by atoms with E-state index >= 15 is 0 Å². The van der Waals surface area contributed by atoms with E-state index in [0.29, 0.717) is 0 Å². The van der Waals surface area contributed by atoms with Crippen molar-refractivity contribution in [1.29, 1.82) is 0 Å². The Morgan fingerprint density at radius 2 is 0.773 bits per heavy atom. The third-order valence-corrected chi connectivity index (χ3v) is 2.61. The van der Waals surface area contributed by atoms with Crippen molar-refractivity contribution in [3.05, 3.63) is 60.7 Å².